The molecule has 0 unspecified atom stereocenters. The van der Waals surface area contributed by atoms with Crippen molar-refractivity contribution in [2.24, 2.45) is 0 Å². The molecule has 3 rings (SSSR count). The van der Waals surface area contributed by atoms with Crippen molar-refractivity contribution in [2.45, 2.75) is 0 Å². The third-order valence-corrected chi connectivity index (χ3v) is 5.11. The van der Waals surface area contributed by atoms with Crippen LogP contribution in [0.15, 0.2) is 53.9 Å². The number of methoxy groups -OCH3 is 3. The van der Waals surface area contributed by atoms with Gasteiger partial charge in [0.2, 0.25) is 0 Å². The minimum Gasteiger partial charge on any atom is -0.496 e. The van der Waals surface area contributed by atoms with Gasteiger partial charge in [0, 0.05) is 21.6 Å². The lowest BCUT2D eigenvalue weighted by atomic mass is 9.99. The van der Waals surface area contributed by atoms with E-state index in [-0.39, 0.29) is 0 Å². The molecule has 2 aromatic carbocycles. The fourth-order valence-electron chi connectivity index (χ4n) is 2.96. The summed E-state index contributed by atoms with van der Waals surface area (Å²) in [5.41, 5.74) is 2.84. The normalized spacial score (nSPS) is 11.1. The van der Waals surface area contributed by atoms with Crippen LogP contribution in [0.25, 0.3) is 22.1 Å². The molecule has 0 aliphatic heterocycles. The van der Waals surface area contributed by atoms with Crippen molar-refractivity contribution in [2.75, 3.05) is 21.3 Å². The van der Waals surface area contributed by atoms with Crippen LogP contribution in [0.2, 0.25) is 0 Å². The van der Waals surface area contributed by atoms with Crippen LogP contribution in [-0.4, -0.2) is 27.6 Å². The van der Waals surface area contributed by atoms with Gasteiger partial charge in [0.15, 0.2) is 6.29 Å². The summed E-state index contributed by atoms with van der Waals surface area (Å²) in [7, 11) is 4.80. The molecule has 0 saturated heterocycles. The maximum atomic E-state index is 11.9. The van der Waals surface area contributed by atoms with E-state index in [4.69, 9.17) is 14.2 Å². The predicted molar refractivity (Wildman–Crippen MR) is 110 cm³/mol. The van der Waals surface area contributed by atoms with Crippen LogP contribution in [0, 0.1) is 0 Å². The van der Waals surface area contributed by atoms with E-state index >= 15 is 0 Å². The molecule has 0 atom stereocenters. The number of allylic oxidation sites excluding steroid dienone is 1. The maximum absolute atomic E-state index is 11.9. The van der Waals surface area contributed by atoms with Gasteiger partial charge >= 0.3 is 0 Å². The number of carbonyl (C=O) groups is 1. The van der Waals surface area contributed by atoms with Crippen molar-refractivity contribution in [1.82, 2.24) is 0 Å². The highest BCUT2D eigenvalue weighted by atomic mass is 32.1. The summed E-state index contributed by atoms with van der Waals surface area (Å²) in [6.45, 7) is 0. The zero-order valence-electron chi connectivity index (χ0n) is 15.4. The number of rotatable bonds is 7. The van der Waals surface area contributed by atoms with Crippen LogP contribution >= 0.6 is 11.3 Å². The quantitative estimate of drug-likeness (QED) is 0.322. The largest absolute Gasteiger partial charge is 0.496 e. The number of carbonyl (C=O) groups excluding carboxylic acids is 1. The van der Waals surface area contributed by atoms with Gasteiger partial charge in [-0.2, -0.15) is 0 Å². The lowest BCUT2D eigenvalue weighted by Gasteiger charge is -2.15. The fraction of sp³-hybridized carbons (Fsp3) is 0.136. The van der Waals surface area contributed by atoms with Gasteiger partial charge in [-0.1, -0.05) is 24.3 Å². The molecule has 0 spiro atoms. The Morgan fingerprint density at radius 3 is 2.30 bits per heavy atom. The van der Waals surface area contributed by atoms with Crippen molar-refractivity contribution in [3.05, 3.63) is 65.0 Å². The van der Waals surface area contributed by atoms with Crippen LogP contribution in [0.4, 0.5) is 0 Å². The van der Waals surface area contributed by atoms with Crippen LogP contribution in [0.5, 0.6) is 17.2 Å². The van der Waals surface area contributed by atoms with Gasteiger partial charge in [0.25, 0.3) is 0 Å². The Hall–Kier alpha value is -3.05. The molecule has 5 heteroatoms. The Balaban J connectivity index is 2.23. The van der Waals surface area contributed by atoms with E-state index in [1.165, 1.54) is 0 Å². The Morgan fingerprint density at radius 1 is 0.889 bits per heavy atom. The van der Waals surface area contributed by atoms with Crippen molar-refractivity contribution in [3.63, 3.8) is 0 Å². The second kappa shape index (κ2) is 8.56. The van der Waals surface area contributed by atoms with Crippen molar-refractivity contribution < 1.29 is 19.0 Å². The molecular weight excluding hydrogens is 360 g/mol. The first-order valence-corrected chi connectivity index (χ1v) is 9.20. The molecule has 0 bridgehead atoms. The molecule has 0 fully saturated rings. The van der Waals surface area contributed by atoms with E-state index in [0.29, 0.717) is 33.9 Å². The lowest BCUT2D eigenvalue weighted by molar-refractivity contribution is -0.103. The summed E-state index contributed by atoms with van der Waals surface area (Å²) in [4.78, 5) is 13.0. The van der Waals surface area contributed by atoms with E-state index in [1.807, 2.05) is 53.9 Å². The first kappa shape index (κ1) is 18.7. The highest BCUT2D eigenvalue weighted by Gasteiger charge is 2.17. The first-order valence-electron chi connectivity index (χ1n) is 8.32. The first-order chi connectivity index (χ1) is 13.2. The smallest absolute Gasteiger partial charge is 0.150 e. The monoisotopic (exact) mass is 380 g/mol. The number of ether oxygens (including phenoxy) is 3. The number of benzene rings is 2. The van der Waals surface area contributed by atoms with Crippen LogP contribution in [0.1, 0.15) is 11.1 Å². The van der Waals surface area contributed by atoms with Gasteiger partial charge in [-0.15, -0.1) is 11.3 Å². The summed E-state index contributed by atoms with van der Waals surface area (Å²) in [6.07, 6.45) is 2.59. The molecule has 0 aliphatic rings. The van der Waals surface area contributed by atoms with E-state index < -0.39 is 0 Å². The molecule has 27 heavy (non-hydrogen) atoms. The SMILES string of the molecule is COc1ccccc1/C(C=O)=C/c1c(OC)ccc(-c2cccs2)c1OC. The van der Waals surface area contributed by atoms with Crippen LogP contribution in [0.3, 0.4) is 0 Å². The topological polar surface area (TPSA) is 44.8 Å². The van der Waals surface area contributed by atoms with Gasteiger partial charge in [-0.05, 0) is 35.7 Å². The lowest BCUT2D eigenvalue weighted by Crippen LogP contribution is -1.97. The standard InChI is InChI=1S/C22H20O4S/c1-24-19-8-5-4-7-16(19)15(14-23)13-18-20(25-2)11-10-17(22(18)26-3)21-9-6-12-27-21/h4-14H,1-3H3/b15-13+. The number of hydrogen-bond donors (Lipinski definition) is 0. The molecule has 1 heterocycles. The van der Waals surface area contributed by atoms with Gasteiger partial charge in [0.05, 0.1) is 26.9 Å². The minimum absolute atomic E-state index is 0.479. The molecule has 4 nitrogen and oxygen atoms in total. The molecular formula is C22H20O4S. The summed E-state index contributed by atoms with van der Waals surface area (Å²) < 4.78 is 16.6. The molecule has 3 aromatic rings. The van der Waals surface area contributed by atoms with Crippen molar-refractivity contribution in [1.29, 1.82) is 0 Å². The van der Waals surface area contributed by atoms with E-state index in [2.05, 4.69) is 0 Å². The Morgan fingerprint density at radius 2 is 1.67 bits per heavy atom. The molecule has 0 saturated carbocycles. The van der Waals surface area contributed by atoms with E-state index in [0.717, 1.165) is 16.7 Å². The molecule has 138 valence electrons. The summed E-state index contributed by atoms with van der Waals surface area (Å²) in [5.74, 6) is 1.91. The van der Waals surface area contributed by atoms with Gasteiger partial charge in [-0.25, -0.2) is 0 Å². The highest BCUT2D eigenvalue weighted by Crippen LogP contribution is 2.42. The third kappa shape index (κ3) is 3.73. The third-order valence-electron chi connectivity index (χ3n) is 4.21. The number of thiophene rings is 1. The summed E-state index contributed by atoms with van der Waals surface area (Å²) in [5, 5.41) is 2.01. The average molecular weight is 380 g/mol. The summed E-state index contributed by atoms with van der Waals surface area (Å²) in [6, 6.07) is 15.3. The van der Waals surface area contributed by atoms with Crippen molar-refractivity contribution >= 4 is 29.3 Å². The van der Waals surface area contributed by atoms with Gasteiger partial charge < -0.3 is 14.2 Å². The zero-order chi connectivity index (χ0) is 19.2. The molecule has 0 amide bonds. The second-order valence-electron chi connectivity index (χ2n) is 5.66. The molecule has 0 N–H and O–H groups in total. The minimum atomic E-state index is 0.479. The van der Waals surface area contributed by atoms with Crippen LogP contribution in [-0.2, 0) is 4.79 Å². The zero-order valence-corrected chi connectivity index (χ0v) is 16.2. The number of aldehydes is 1. The summed E-state index contributed by atoms with van der Waals surface area (Å²) >= 11 is 1.62. The second-order valence-corrected chi connectivity index (χ2v) is 6.61. The number of hydrogen-bond acceptors (Lipinski definition) is 5. The number of para-hydroxylation sites is 1. The Bertz CT molecular complexity index is 958. The van der Waals surface area contributed by atoms with Gasteiger partial charge in [0.1, 0.15) is 17.2 Å². The maximum Gasteiger partial charge on any atom is 0.150 e. The predicted octanol–water partition coefficient (Wildman–Crippen LogP) is 5.18. The Kier molecular flexibility index (Phi) is 5.94. The van der Waals surface area contributed by atoms with E-state index in [1.54, 1.807) is 38.7 Å². The Labute approximate surface area is 162 Å². The van der Waals surface area contributed by atoms with Crippen molar-refractivity contribution in [3.8, 4) is 27.7 Å². The van der Waals surface area contributed by atoms with E-state index in [9.17, 15) is 4.79 Å². The average Bonchev–Trinajstić information content (AvgIpc) is 3.25. The van der Waals surface area contributed by atoms with Gasteiger partial charge in [-0.3, -0.25) is 4.79 Å². The highest BCUT2D eigenvalue weighted by molar-refractivity contribution is 7.13. The van der Waals surface area contributed by atoms with Crippen LogP contribution < -0.4 is 14.2 Å². The molecule has 1 aromatic heterocycles. The molecule has 0 aliphatic carbocycles. The molecule has 0 radical (unpaired) electrons. The fourth-order valence-corrected chi connectivity index (χ4v) is 3.70.